The number of hydrogen-bond acceptors (Lipinski definition) is 4. The first-order chi connectivity index (χ1) is 18.5. The number of amides is 2. The van der Waals surface area contributed by atoms with Crippen LogP contribution in [0.2, 0.25) is 10.0 Å². The highest BCUT2D eigenvalue weighted by Gasteiger charge is 2.33. The highest BCUT2D eigenvalue weighted by atomic mass is 35.5. The molecule has 0 heterocycles. The number of aryl methyl sites for hydroxylation is 2. The number of hydrogen-bond donors (Lipinski definition) is 1. The third-order valence-electron chi connectivity index (χ3n) is 6.29. The van der Waals surface area contributed by atoms with Crippen LogP contribution in [0, 0.1) is 13.8 Å². The summed E-state index contributed by atoms with van der Waals surface area (Å²) >= 11 is 12.3. The van der Waals surface area contributed by atoms with Crippen molar-refractivity contribution in [2.24, 2.45) is 0 Å². The summed E-state index contributed by atoms with van der Waals surface area (Å²) in [7, 11) is -4.19. The molecule has 39 heavy (non-hydrogen) atoms. The molecule has 0 fully saturated rings. The van der Waals surface area contributed by atoms with Gasteiger partial charge >= 0.3 is 0 Å². The fourth-order valence-corrected chi connectivity index (χ4v) is 5.81. The third-order valence-corrected chi connectivity index (χ3v) is 8.82. The fraction of sp³-hybridized carbons (Fsp3) is 0.310. The van der Waals surface area contributed by atoms with Crippen LogP contribution in [0.3, 0.4) is 0 Å². The van der Waals surface area contributed by atoms with Crippen LogP contribution in [0.25, 0.3) is 0 Å². The molecule has 10 heteroatoms. The second kappa shape index (κ2) is 13.3. The van der Waals surface area contributed by atoms with Crippen molar-refractivity contribution in [1.29, 1.82) is 0 Å². The molecule has 1 atom stereocenters. The number of carbonyl (C=O) groups is 2. The van der Waals surface area contributed by atoms with Gasteiger partial charge in [0.05, 0.1) is 20.6 Å². The fourth-order valence-electron chi connectivity index (χ4n) is 4.11. The third kappa shape index (κ3) is 7.53. The first-order valence-electron chi connectivity index (χ1n) is 12.6. The maximum atomic E-state index is 14.0. The molecule has 0 aromatic heterocycles. The number of carbonyl (C=O) groups excluding carboxylic acids is 2. The molecule has 208 valence electrons. The van der Waals surface area contributed by atoms with Crippen LogP contribution in [-0.4, -0.2) is 44.3 Å². The first-order valence-corrected chi connectivity index (χ1v) is 14.8. The van der Waals surface area contributed by atoms with E-state index in [1.807, 2.05) is 45.0 Å². The highest BCUT2D eigenvalue weighted by Crippen LogP contribution is 2.31. The lowest BCUT2D eigenvalue weighted by atomic mass is 10.1. The normalized spacial score (nSPS) is 12.1. The molecule has 0 radical (unpaired) electrons. The Morgan fingerprint density at radius 1 is 0.872 bits per heavy atom. The zero-order valence-electron chi connectivity index (χ0n) is 22.4. The van der Waals surface area contributed by atoms with Crippen LogP contribution in [0.1, 0.15) is 37.0 Å². The standard InChI is InChI=1S/C29H33Cl2N3O4S/c1-5-27(29(36)32-6-2)33(18-22-11-7-20(3)8-12-22)28(35)19-34(23-13-16-25(30)26(31)17-23)39(37,38)24-14-9-21(4)10-15-24/h7-17,27H,5-6,18-19H2,1-4H3,(H,32,36)/t27-/m1/s1. The quantitative estimate of drug-likeness (QED) is 0.308. The lowest BCUT2D eigenvalue weighted by Crippen LogP contribution is -2.52. The SMILES string of the molecule is CCNC(=O)[C@@H](CC)N(Cc1ccc(C)cc1)C(=O)CN(c1ccc(Cl)c(Cl)c1)S(=O)(=O)c1ccc(C)cc1. The Balaban J connectivity index is 2.08. The zero-order valence-corrected chi connectivity index (χ0v) is 24.8. The van der Waals surface area contributed by atoms with E-state index in [0.29, 0.717) is 13.0 Å². The molecule has 3 aromatic rings. The molecule has 0 bridgehead atoms. The van der Waals surface area contributed by atoms with Gasteiger partial charge in [-0.2, -0.15) is 0 Å². The lowest BCUT2D eigenvalue weighted by molar-refractivity contribution is -0.140. The monoisotopic (exact) mass is 589 g/mol. The Kier molecular flexibility index (Phi) is 10.4. The molecular weight excluding hydrogens is 557 g/mol. The van der Waals surface area contributed by atoms with E-state index in [-0.39, 0.29) is 33.1 Å². The number of nitrogens with one attached hydrogen (secondary N) is 1. The number of halogens is 2. The van der Waals surface area contributed by atoms with E-state index >= 15 is 0 Å². The minimum Gasteiger partial charge on any atom is -0.355 e. The smallest absolute Gasteiger partial charge is 0.264 e. The molecule has 0 saturated carbocycles. The van der Waals surface area contributed by atoms with Crippen molar-refractivity contribution < 1.29 is 18.0 Å². The topological polar surface area (TPSA) is 86.8 Å². The summed E-state index contributed by atoms with van der Waals surface area (Å²) in [5.74, 6) is -0.835. The van der Waals surface area contributed by atoms with Crippen LogP contribution < -0.4 is 9.62 Å². The minimum absolute atomic E-state index is 0.0211. The van der Waals surface area contributed by atoms with Gasteiger partial charge in [0, 0.05) is 13.1 Å². The Morgan fingerprint density at radius 3 is 2.00 bits per heavy atom. The van der Waals surface area contributed by atoms with Crippen LogP contribution >= 0.6 is 23.2 Å². The number of anilines is 1. The van der Waals surface area contributed by atoms with Crippen molar-refractivity contribution in [3.8, 4) is 0 Å². The number of rotatable bonds is 11. The van der Waals surface area contributed by atoms with E-state index < -0.39 is 28.5 Å². The van der Waals surface area contributed by atoms with Crippen molar-refractivity contribution in [2.75, 3.05) is 17.4 Å². The Hall–Kier alpha value is -3.07. The van der Waals surface area contributed by atoms with Gasteiger partial charge in [-0.15, -0.1) is 0 Å². The van der Waals surface area contributed by atoms with Crippen LogP contribution in [0.4, 0.5) is 5.69 Å². The molecule has 0 unspecified atom stereocenters. The summed E-state index contributed by atoms with van der Waals surface area (Å²) in [6.07, 6.45) is 0.348. The van der Waals surface area contributed by atoms with Crippen molar-refractivity contribution in [1.82, 2.24) is 10.2 Å². The predicted octanol–water partition coefficient (Wildman–Crippen LogP) is 5.75. The van der Waals surface area contributed by atoms with E-state index in [0.717, 1.165) is 21.0 Å². The second-order valence-corrected chi connectivity index (χ2v) is 11.9. The minimum atomic E-state index is -4.19. The van der Waals surface area contributed by atoms with Crippen molar-refractivity contribution in [3.63, 3.8) is 0 Å². The molecule has 0 spiro atoms. The molecule has 7 nitrogen and oxygen atoms in total. The Bertz CT molecular complexity index is 1410. The van der Waals surface area contributed by atoms with Crippen LogP contribution in [0.5, 0.6) is 0 Å². The summed E-state index contributed by atoms with van der Waals surface area (Å²) in [6.45, 7) is 7.42. The zero-order chi connectivity index (χ0) is 28.7. The molecule has 2 amide bonds. The van der Waals surface area contributed by atoms with Gasteiger partial charge in [-0.3, -0.25) is 13.9 Å². The van der Waals surface area contributed by atoms with Gasteiger partial charge < -0.3 is 10.2 Å². The molecular formula is C29H33Cl2N3O4S. The van der Waals surface area contributed by atoms with Crippen molar-refractivity contribution in [3.05, 3.63) is 93.5 Å². The summed E-state index contributed by atoms with van der Waals surface area (Å²) in [4.78, 5) is 28.4. The van der Waals surface area contributed by atoms with E-state index in [4.69, 9.17) is 23.2 Å². The molecule has 0 aliphatic heterocycles. The lowest BCUT2D eigenvalue weighted by Gasteiger charge is -2.33. The second-order valence-electron chi connectivity index (χ2n) is 9.25. The van der Waals surface area contributed by atoms with Gasteiger partial charge in [-0.25, -0.2) is 8.42 Å². The van der Waals surface area contributed by atoms with Gasteiger partial charge in [-0.1, -0.05) is 77.7 Å². The van der Waals surface area contributed by atoms with E-state index in [1.165, 1.54) is 35.2 Å². The molecule has 0 aliphatic rings. The maximum absolute atomic E-state index is 14.0. The molecule has 0 saturated heterocycles. The molecule has 1 N–H and O–H groups in total. The number of nitrogens with zero attached hydrogens (tertiary/aromatic N) is 2. The number of sulfonamides is 1. The van der Waals surface area contributed by atoms with Crippen molar-refractivity contribution >= 4 is 50.7 Å². The van der Waals surface area contributed by atoms with Crippen molar-refractivity contribution in [2.45, 2.75) is 51.6 Å². The number of benzene rings is 3. The Morgan fingerprint density at radius 2 is 1.46 bits per heavy atom. The number of likely N-dealkylation sites (N-methyl/N-ethyl adjacent to an activating group) is 1. The van der Waals surface area contributed by atoms with E-state index in [1.54, 1.807) is 19.1 Å². The summed E-state index contributed by atoms with van der Waals surface area (Å²) in [5.41, 5.74) is 2.95. The van der Waals surface area contributed by atoms with Crippen LogP contribution in [-0.2, 0) is 26.2 Å². The van der Waals surface area contributed by atoms with Crippen LogP contribution in [0.15, 0.2) is 71.6 Å². The van der Waals surface area contributed by atoms with E-state index in [9.17, 15) is 18.0 Å². The van der Waals surface area contributed by atoms with E-state index in [2.05, 4.69) is 5.32 Å². The summed E-state index contributed by atoms with van der Waals surface area (Å²) in [6, 6.07) is 17.6. The molecule has 0 aliphatic carbocycles. The molecule has 3 aromatic carbocycles. The van der Waals surface area contributed by atoms with Gasteiger partial charge in [0.1, 0.15) is 12.6 Å². The largest absolute Gasteiger partial charge is 0.355 e. The highest BCUT2D eigenvalue weighted by molar-refractivity contribution is 7.92. The predicted molar refractivity (Wildman–Crippen MR) is 157 cm³/mol. The summed E-state index contributed by atoms with van der Waals surface area (Å²) < 4.78 is 28.7. The van der Waals surface area contributed by atoms with Gasteiger partial charge in [0.25, 0.3) is 10.0 Å². The molecule has 3 rings (SSSR count). The average molecular weight is 591 g/mol. The Labute approximate surface area is 240 Å². The first kappa shape index (κ1) is 30.5. The average Bonchev–Trinajstić information content (AvgIpc) is 2.90. The van der Waals surface area contributed by atoms with Gasteiger partial charge in [-0.05, 0) is 63.1 Å². The van der Waals surface area contributed by atoms with Gasteiger partial charge in [0.2, 0.25) is 11.8 Å². The maximum Gasteiger partial charge on any atom is 0.264 e. The van der Waals surface area contributed by atoms with Gasteiger partial charge in [0.15, 0.2) is 0 Å². The summed E-state index contributed by atoms with van der Waals surface area (Å²) in [5, 5.41) is 3.19.